The van der Waals surface area contributed by atoms with Crippen LogP contribution in [0.2, 0.25) is 0 Å². The zero-order chi connectivity index (χ0) is 20.7. The number of carbonyl (C=O) groups is 1. The van der Waals surface area contributed by atoms with E-state index in [2.05, 4.69) is 10.6 Å². The maximum absolute atomic E-state index is 12.8. The molecule has 0 bridgehead atoms. The van der Waals surface area contributed by atoms with Gasteiger partial charge in [-0.2, -0.15) is 4.31 Å². The molecule has 0 aromatic heterocycles. The largest absolute Gasteiger partial charge is 0.495 e. The molecule has 1 aliphatic carbocycles. The van der Waals surface area contributed by atoms with E-state index in [-0.39, 0.29) is 21.8 Å². The molecule has 1 amide bonds. The van der Waals surface area contributed by atoms with Crippen LogP contribution in [0.3, 0.4) is 0 Å². The molecule has 0 radical (unpaired) electrons. The van der Waals surface area contributed by atoms with Crippen molar-refractivity contribution in [3.63, 3.8) is 0 Å². The summed E-state index contributed by atoms with van der Waals surface area (Å²) in [5.41, 5.74) is 0.393. The Morgan fingerprint density at radius 1 is 1.21 bits per heavy atom. The summed E-state index contributed by atoms with van der Waals surface area (Å²) in [7, 11) is -2.13. The van der Waals surface area contributed by atoms with E-state index in [4.69, 9.17) is 17.0 Å². The second kappa shape index (κ2) is 10.2. The van der Waals surface area contributed by atoms with Gasteiger partial charge in [-0.15, -0.1) is 0 Å². The smallest absolute Gasteiger partial charge is 0.243 e. The van der Waals surface area contributed by atoms with Gasteiger partial charge in [0.1, 0.15) is 5.75 Å². The van der Waals surface area contributed by atoms with Gasteiger partial charge in [0, 0.05) is 19.0 Å². The summed E-state index contributed by atoms with van der Waals surface area (Å²) in [5, 5.41) is 5.76. The third kappa shape index (κ3) is 5.42. The Balaban J connectivity index is 2.17. The van der Waals surface area contributed by atoms with Gasteiger partial charge in [0.05, 0.1) is 17.7 Å². The van der Waals surface area contributed by atoms with Crippen LogP contribution in [0.25, 0.3) is 0 Å². The van der Waals surface area contributed by atoms with Crippen LogP contribution in [-0.2, 0) is 14.8 Å². The first-order valence-electron chi connectivity index (χ1n) is 9.63. The number of ether oxygens (including phenoxy) is 1. The third-order valence-corrected chi connectivity index (χ3v) is 7.23. The number of nitrogens with zero attached hydrogens (tertiary/aromatic N) is 1. The lowest BCUT2D eigenvalue weighted by Gasteiger charge is -2.22. The summed E-state index contributed by atoms with van der Waals surface area (Å²) in [4.78, 5) is 12.5. The minimum atomic E-state index is -3.62. The average molecular weight is 428 g/mol. The molecule has 1 fully saturated rings. The van der Waals surface area contributed by atoms with Crippen molar-refractivity contribution >= 4 is 38.9 Å². The zero-order valence-electron chi connectivity index (χ0n) is 16.7. The molecule has 0 saturated heterocycles. The minimum Gasteiger partial charge on any atom is -0.495 e. The molecule has 0 heterocycles. The fourth-order valence-corrected chi connectivity index (χ4v) is 5.09. The van der Waals surface area contributed by atoms with Gasteiger partial charge in [0.25, 0.3) is 0 Å². The van der Waals surface area contributed by atoms with E-state index in [0.29, 0.717) is 24.5 Å². The number of amides is 1. The Morgan fingerprint density at radius 2 is 1.86 bits per heavy atom. The highest BCUT2D eigenvalue weighted by Gasteiger charge is 2.24. The number of rotatable bonds is 7. The fraction of sp³-hybridized carbons (Fsp3) is 0.579. The number of hydrogen-bond donors (Lipinski definition) is 2. The molecule has 2 N–H and O–H groups in total. The lowest BCUT2D eigenvalue weighted by molar-refractivity contribution is -0.124. The van der Waals surface area contributed by atoms with E-state index >= 15 is 0 Å². The number of hydrogen-bond acceptors (Lipinski definition) is 5. The van der Waals surface area contributed by atoms with Gasteiger partial charge >= 0.3 is 0 Å². The monoisotopic (exact) mass is 427 g/mol. The number of carbonyl (C=O) groups excluding carboxylic acids is 1. The Labute approximate surface area is 172 Å². The average Bonchev–Trinajstić information content (AvgIpc) is 2.69. The molecular formula is C19H29N3O4S2. The summed E-state index contributed by atoms with van der Waals surface area (Å²) >= 11 is 5.26. The van der Waals surface area contributed by atoms with Crippen LogP contribution in [0.15, 0.2) is 23.1 Å². The van der Waals surface area contributed by atoms with Crippen molar-refractivity contribution in [2.75, 3.05) is 25.5 Å². The van der Waals surface area contributed by atoms with Crippen molar-refractivity contribution in [2.24, 2.45) is 5.92 Å². The van der Waals surface area contributed by atoms with Crippen molar-refractivity contribution in [3.8, 4) is 5.75 Å². The van der Waals surface area contributed by atoms with Crippen molar-refractivity contribution in [2.45, 2.75) is 50.8 Å². The van der Waals surface area contributed by atoms with Crippen molar-refractivity contribution < 1.29 is 17.9 Å². The Morgan fingerprint density at radius 3 is 2.43 bits per heavy atom. The van der Waals surface area contributed by atoms with Crippen LogP contribution in [-0.4, -0.2) is 43.9 Å². The van der Waals surface area contributed by atoms with Crippen LogP contribution in [0.4, 0.5) is 5.69 Å². The van der Waals surface area contributed by atoms with Crippen LogP contribution < -0.4 is 15.4 Å². The highest BCUT2D eigenvalue weighted by Crippen LogP contribution is 2.29. The Bertz CT molecular complexity index is 801. The summed E-state index contributed by atoms with van der Waals surface area (Å²) in [5.74, 6) is 0.320. The second-order valence-electron chi connectivity index (χ2n) is 6.73. The molecule has 0 atom stereocenters. The summed E-state index contributed by atoms with van der Waals surface area (Å²) < 4.78 is 32.2. The molecule has 0 aliphatic heterocycles. The van der Waals surface area contributed by atoms with Crippen LogP contribution in [0, 0.1) is 5.92 Å². The van der Waals surface area contributed by atoms with Crippen LogP contribution in [0.5, 0.6) is 5.75 Å². The van der Waals surface area contributed by atoms with E-state index in [0.717, 1.165) is 32.1 Å². The van der Waals surface area contributed by atoms with Gasteiger partial charge in [0.15, 0.2) is 5.11 Å². The van der Waals surface area contributed by atoms with E-state index in [1.165, 1.54) is 23.5 Å². The predicted octanol–water partition coefficient (Wildman–Crippen LogP) is 3.12. The minimum absolute atomic E-state index is 0.0234. The molecule has 2 rings (SSSR count). The summed E-state index contributed by atoms with van der Waals surface area (Å²) in [6, 6.07) is 4.55. The fourth-order valence-electron chi connectivity index (χ4n) is 3.39. The Hall–Kier alpha value is -1.71. The molecule has 9 heteroatoms. The predicted molar refractivity (Wildman–Crippen MR) is 114 cm³/mol. The van der Waals surface area contributed by atoms with Crippen molar-refractivity contribution in [1.29, 1.82) is 0 Å². The highest BCUT2D eigenvalue weighted by molar-refractivity contribution is 7.89. The number of anilines is 1. The van der Waals surface area contributed by atoms with E-state index in [9.17, 15) is 13.2 Å². The van der Waals surface area contributed by atoms with Crippen molar-refractivity contribution in [3.05, 3.63) is 18.2 Å². The molecule has 1 aromatic rings. The molecule has 28 heavy (non-hydrogen) atoms. The molecule has 0 spiro atoms. The SMILES string of the molecule is CCN(CC)S(=O)(=O)c1ccc(OC)c(NC(=S)NC(=O)C2CCCCC2)c1. The topological polar surface area (TPSA) is 87.7 Å². The molecule has 7 nitrogen and oxygen atoms in total. The van der Waals surface area contributed by atoms with Gasteiger partial charge < -0.3 is 15.4 Å². The van der Waals surface area contributed by atoms with Gasteiger partial charge in [0.2, 0.25) is 15.9 Å². The van der Waals surface area contributed by atoms with Crippen molar-refractivity contribution in [1.82, 2.24) is 9.62 Å². The first-order chi connectivity index (χ1) is 13.3. The molecular weight excluding hydrogens is 398 g/mol. The first-order valence-corrected chi connectivity index (χ1v) is 11.5. The van der Waals surface area contributed by atoms with Gasteiger partial charge in [-0.05, 0) is 43.3 Å². The number of sulfonamides is 1. The summed E-state index contributed by atoms with van der Waals surface area (Å²) in [6.07, 6.45) is 5.01. The Kier molecular flexibility index (Phi) is 8.21. The van der Waals surface area contributed by atoms with Crippen LogP contribution >= 0.6 is 12.2 Å². The highest BCUT2D eigenvalue weighted by atomic mass is 32.2. The number of benzene rings is 1. The standard InChI is InChI=1S/C19H29N3O4S2/c1-4-22(5-2)28(24,25)15-11-12-17(26-3)16(13-15)20-19(27)21-18(23)14-9-7-6-8-10-14/h11-14H,4-10H2,1-3H3,(H2,20,21,23,27). The number of thiocarbonyl (C=S) groups is 1. The normalized spacial score (nSPS) is 15.3. The molecule has 156 valence electrons. The zero-order valence-corrected chi connectivity index (χ0v) is 18.3. The van der Waals surface area contributed by atoms with Gasteiger partial charge in [-0.3, -0.25) is 4.79 Å². The van der Waals surface area contributed by atoms with E-state index < -0.39 is 10.0 Å². The number of methoxy groups -OCH3 is 1. The van der Waals surface area contributed by atoms with Gasteiger partial charge in [-0.25, -0.2) is 8.42 Å². The number of nitrogens with one attached hydrogen (secondary N) is 2. The first kappa shape index (κ1) is 22.6. The van der Waals surface area contributed by atoms with Crippen LogP contribution in [0.1, 0.15) is 46.0 Å². The lowest BCUT2D eigenvalue weighted by atomic mass is 9.89. The maximum Gasteiger partial charge on any atom is 0.243 e. The molecule has 0 unspecified atom stereocenters. The molecule has 1 aromatic carbocycles. The molecule has 1 saturated carbocycles. The van der Waals surface area contributed by atoms with E-state index in [1.807, 2.05) is 0 Å². The third-order valence-electron chi connectivity index (χ3n) is 4.98. The lowest BCUT2D eigenvalue weighted by Crippen LogP contribution is -2.39. The van der Waals surface area contributed by atoms with Gasteiger partial charge in [-0.1, -0.05) is 33.1 Å². The molecule has 1 aliphatic rings. The summed E-state index contributed by atoms with van der Waals surface area (Å²) in [6.45, 7) is 4.34. The second-order valence-corrected chi connectivity index (χ2v) is 9.08. The quantitative estimate of drug-likeness (QED) is 0.650. The maximum atomic E-state index is 12.8. The van der Waals surface area contributed by atoms with E-state index in [1.54, 1.807) is 19.9 Å².